The van der Waals surface area contributed by atoms with Crippen molar-refractivity contribution in [3.8, 4) is 0 Å². The normalized spacial score (nSPS) is 18.1. The number of nitrogens with two attached hydrogens (primary N) is 1. The number of nitrogens with one attached hydrogen (secondary N) is 1. The molecule has 4 heteroatoms. The molecule has 1 fully saturated rings. The largest absolute Gasteiger partial charge is 0.348 e. The molecule has 1 heterocycles. The van der Waals surface area contributed by atoms with Crippen LogP contribution >= 0.6 is 12.2 Å². The molecule has 0 unspecified atom stereocenters. The lowest BCUT2D eigenvalue weighted by Crippen LogP contribution is -2.41. The van der Waals surface area contributed by atoms with E-state index in [1.807, 2.05) is 0 Å². The third kappa shape index (κ3) is 1.53. The van der Waals surface area contributed by atoms with Crippen LogP contribution in [0.3, 0.4) is 0 Å². The van der Waals surface area contributed by atoms with Crippen molar-refractivity contribution in [2.75, 3.05) is 13.1 Å². The molecule has 0 radical (unpaired) electrons. The number of hydrazine groups is 1. The van der Waals surface area contributed by atoms with Gasteiger partial charge in [-0.25, -0.2) is 5.84 Å². The van der Waals surface area contributed by atoms with Gasteiger partial charge in [0.2, 0.25) is 0 Å². The Morgan fingerprint density at radius 2 is 2.00 bits per heavy atom. The summed E-state index contributed by atoms with van der Waals surface area (Å²) in [4.78, 5) is 2.08. The fraction of sp³-hybridized carbons (Fsp3) is 0.800. The molecule has 0 atom stereocenters. The lowest BCUT2D eigenvalue weighted by atomic mass is 10.4. The molecule has 0 spiro atoms. The van der Waals surface area contributed by atoms with Gasteiger partial charge in [0, 0.05) is 13.1 Å². The number of hydrogen-bond donors (Lipinski definition) is 2. The molecule has 0 aliphatic carbocycles. The summed E-state index contributed by atoms with van der Waals surface area (Å²) >= 11 is 4.90. The van der Waals surface area contributed by atoms with Crippen molar-refractivity contribution in [3.63, 3.8) is 0 Å². The number of thiocarbonyl (C=S) groups is 1. The molecule has 9 heavy (non-hydrogen) atoms. The number of rotatable bonds is 0. The van der Waals surface area contributed by atoms with E-state index in [0.717, 1.165) is 13.1 Å². The second kappa shape index (κ2) is 2.98. The van der Waals surface area contributed by atoms with E-state index in [-0.39, 0.29) is 0 Å². The molecule has 1 aliphatic rings. The van der Waals surface area contributed by atoms with Crippen LogP contribution in [-0.2, 0) is 0 Å². The quantitative estimate of drug-likeness (QED) is 0.282. The van der Waals surface area contributed by atoms with Gasteiger partial charge in [-0.1, -0.05) is 0 Å². The Morgan fingerprint density at radius 1 is 1.44 bits per heavy atom. The molecule has 3 nitrogen and oxygen atoms in total. The standard InChI is InChI=1S/C5H11N3S/c6-7-5(9)8-3-1-2-4-8/h1-4,6H2,(H,7,9). The van der Waals surface area contributed by atoms with Crippen molar-refractivity contribution < 1.29 is 0 Å². The zero-order chi connectivity index (χ0) is 6.69. The van der Waals surface area contributed by atoms with Gasteiger partial charge in [0.15, 0.2) is 5.11 Å². The molecule has 0 aromatic heterocycles. The van der Waals surface area contributed by atoms with E-state index in [9.17, 15) is 0 Å². The van der Waals surface area contributed by atoms with Crippen LogP contribution in [0.15, 0.2) is 0 Å². The van der Waals surface area contributed by atoms with Gasteiger partial charge in [-0.2, -0.15) is 0 Å². The summed E-state index contributed by atoms with van der Waals surface area (Å²) in [5, 5.41) is 0.674. The lowest BCUT2D eigenvalue weighted by molar-refractivity contribution is 0.509. The first-order valence-corrected chi connectivity index (χ1v) is 3.51. The highest BCUT2D eigenvalue weighted by Crippen LogP contribution is 2.06. The molecular formula is C5H11N3S. The Balaban J connectivity index is 2.32. The Labute approximate surface area is 60.2 Å². The van der Waals surface area contributed by atoms with Gasteiger partial charge in [-0.15, -0.1) is 0 Å². The molecule has 1 saturated heterocycles. The Morgan fingerprint density at radius 3 is 2.44 bits per heavy atom. The van der Waals surface area contributed by atoms with E-state index in [1.54, 1.807) is 0 Å². The third-order valence-electron chi connectivity index (χ3n) is 1.52. The minimum absolute atomic E-state index is 0.674. The van der Waals surface area contributed by atoms with Gasteiger partial charge in [0.25, 0.3) is 0 Å². The molecular weight excluding hydrogens is 134 g/mol. The zero-order valence-electron chi connectivity index (χ0n) is 5.26. The predicted octanol–water partition coefficient (Wildman–Crippen LogP) is -0.170. The van der Waals surface area contributed by atoms with Crippen molar-refractivity contribution in [1.29, 1.82) is 0 Å². The highest BCUT2D eigenvalue weighted by Gasteiger charge is 2.12. The summed E-state index contributed by atoms with van der Waals surface area (Å²) in [6, 6.07) is 0. The topological polar surface area (TPSA) is 41.3 Å². The highest BCUT2D eigenvalue weighted by atomic mass is 32.1. The molecule has 3 N–H and O–H groups in total. The van der Waals surface area contributed by atoms with Crippen LogP contribution < -0.4 is 11.3 Å². The molecule has 0 aromatic carbocycles. The first-order chi connectivity index (χ1) is 4.34. The van der Waals surface area contributed by atoms with Crippen molar-refractivity contribution >= 4 is 17.3 Å². The van der Waals surface area contributed by atoms with Crippen LogP contribution in [0.5, 0.6) is 0 Å². The SMILES string of the molecule is NNC(=S)N1CCCC1. The fourth-order valence-electron chi connectivity index (χ4n) is 1.01. The maximum Gasteiger partial charge on any atom is 0.183 e. The minimum atomic E-state index is 0.674. The van der Waals surface area contributed by atoms with Gasteiger partial charge in [-0.3, -0.25) is 0 Å². The maximum atomic E-state index is 5.12. The summed E-state index contributed by atoms with van der Waals surface area (Å²) in [6.45, 7) is 2.12. The van der Waals surface area contributed by atoms with Crippen molar-refractivity contribution in [1.82, 2.24) is 10.3 Å². The second-order valence-corrected chi connectivity index (χ2v) is 2.53. The van der Waals surface area contributed by atoms with Crippen LogP contribution in [0, 0.1) is 0 Å². The van der Waals surface area contributed by atoms with E-state index in [1.165, 1.54) is 12.8 Å². The van der Waals surface area contributed by atoms with E-state index >= 15 is 0 Å². The molecule has 1 aliphatic heterocycles. The van der Waals surface area contributed by atoms with Crippen molar-refractivity contribution in [2.45, 2.75) is 12.8 Å². The summed E-state index contributed by atoms with van der Waals surface area (Å²) < 4.78 is 0. The first kappa shape index (κ1) is 6.77. The Kier molecular flexibility index (Phi) is 2.24. The van der Waals surface area contributed by atoms with Gasteiger partial charge in [0.05, 0.1) is 0 Å². The Bertz CT molecular complexity index is 109. The molecule has 0 bridgehead atoms. The average molecular weight is 145 g/mol. The molecule has 52 valence electrons. The van der Waals surface area contributed by atoms with Gasteiger partial charge in [0.1, 0.15) is 0 Å². The third-order valence-corrected chi connectivity index (χ3v) is 1.89. The summed E-state index contributed by atoms with van der Waals surface area (Å²) in [7, 11) is 0. The molecule has 1 rings (SSSR count). The molecule has 0 amide bonds. The van der Waals surface area contributed by atoms with E-state index in [0.29, 0.717) is 5.11 Å². The summed E-state index contributed by atoms with van der Waals surface area (Å²) in [6.07, 6.45) is 2.48. The van der Waals surface area contributed by atoms with Gasteiger partial charge in [-0.05, 0) is 25.1 Å². The van der Waals surface area contributed by atoms with Crippen LogP contribution in [0.4, 0.5) is 0 Å². The predicted molar refractivity (Wildman–Crippen MR) is 40.7 cm³/mol. The van der Waals surface area contributed by atoms with Crippen LogP contribution in [0.1, 0.15) is 12.8 Å². The van der Waals surface area contributed by atoms with Crippen LogP contribution in [-0.4, -0.2) is 23.1 Å². The summed E-state index contributed by atoms with van der Waals surface area (Å²) in [5.74, 6) is 5.12. The maximum absolute atomic E-state index is 5.12. The van der Waals surface area contributed by atoms with Crippen molar-refractivity contribution in [2.24, 2.45) is 5.84 Å². The highest BCUT2D eigenvalue weighted by molar-refractivity contribution is 7.80. The first-order valence-electron chi connectivity index (χ1n) is 3.10. The minimum Gasteiger partial charge on any atom is -0.348 e. The lowest BCUT2D eigenvalue weighted by Gasteiger charge is -2.16. The van der Waals surface area contributed by atoms with Gasteiger partial charge < -0.3 is 10.3 Å². The van der Waals surface area contributed by atoms with Crippen LogP contribution in [0.25, 0.3) is 0 Å². The molecule has 0 aromatic rings. The second-order valence-electron chi connectivity index (χ2n) is 2.14. The molecule has 0 saturated carbocycles. The van der Waals surface area contributed by atoms with E-state index < -0.39 is 0 Å². The summed E-state index contributed by atoms with van der Waals surface area (Å²) in [5.41, 5.74) is 2.46. The van der Waals surface area contributed by atoms with Gasteiger partial charge >= 0.3 is 0 Å². The van der Waals surface area contributed by atoms with E-state index in [2.05, 4.69) is 10.3 Å². The number of hydrogen-bond acceptors (Lipinski definition) is 2. The number of likely N-dealkylation sites (tertiary alicyclic amines) is 1. The Hall–Kier alpha value is -0.350. The average Bonchev–Trinajstić information content (AvgIpc) is 2.37. The number of nitrogens with zero attached hydrogens (tertiary/aromatic N) is 1. The zero-order valence-corrected chi connectivity index (χ0v) is 6.08. The monoisotopic (exact) mass is 145 g/mol. The smallest absolute Gasteiger partial charge is 0.183 e. The fourth-order valence-corrected chi connectivity index (χ4v) is 1.19. The van der Waals surface area contributed by atoms with Crippen molar-refractivity contribution in [3.05, 3.63) is 0 Å². The van der Waals surface area contributed by atoms with E-state index in [4.69, 9.17) is 18.1 Å². The van der Waals surface area contributed by atoms with Crippen LogP contribution in [0.2, 0.25) is 0 Å².